The van der Waals surface area contributed by atoms with Crippen LogP contribution in [0.4, 0.5) is 0 Å². The van der Waals surface area contributed by atoms with Crippen molar-refractivity contribution >= 4 is 11.3 Å². The van der Waals surface area contributed by atoms with E-state index < -0.39 is 5.54 Å². The number of rotatable bonds is 10. The fourth-order valence-electron chi connectivity index (χ4n) is 4.49. The molecule has 1 aromatic heterocycles. The molecule has 2 N–H and O–H groups in total. The molecule has 1 unspecified atom stereocenters. The predicted octanol–water partition coefficient (Wildman–Crippen LogP) is 3.32. The maximum absolute atomic E-state index is 7.00. The van der Waals surface area contributed by atoms with Crippen molar-refractivity contribution in [2.75, 3.05) is 59.1 Å². The van der Waals surface area contributed by atoms with Gasteiger partial charge in [0.25, 0.3) is 0 Å². The van der Waals surface area contributed by atoms with Crippen molar-refractivity contribution < 1.29 is 9.47 Å². The molecule has 170 valence electrons. The first-order valence-corrected chi connectivity index (χ1v) is 12.6. The lowest BCUT2D eigenvalue weighted by atomic mass is 9.87. The van der Waals surface area contributed by atoms with E-state index in [2.05, 4.69) is 39.0 Å². The lowest BCUT2D eigenvalue weighted by molar-refractivity contribution is 0.0352. The van der Waals surface area contributed by atoms with Crippen molar-refractivity contribution in [2.45, 2.75) is 37.6 Å². The van der Waals surface area contributed by atoms with Gasteiger partial charge in [0.1, 0.15) is 10.8 Å². The van der Waals surface area contributed by atoms with E-state index in [0.717, 1.165) is 75.2 Å². The molecule has 1 aromatic carbocycles. The monoisotopic (exact) mass is 444 g/mol. The second-order valence-corrected chi connectivity index (χ2v) is 9.54. The van der Waals surface area contributed by atoms with Crippen LogP contribution in [-0.2, 0) is 10.3 Å². The summed E-state index contributed by atoms with van der Waals surface area (Å²) in [4.78, 5) is 9.56. The van der Waals surface area contributed by atoms with Gasteiger partial charge in [0.05, 0.1) is 25.4 Å². The molecule has 31 heavy (non-hydrogen) atoms. The molecule has 2 fully saturated rings. The third-order valence-corrected chi connectivity index (χ3v) is 7.40. The Morgan fingerprint density at radius 2 is 1.74 bits per heavy atom. The van der Waals surface area contributed by atoms with Gasteiger partial charge in [-0.2, -0.15) is 0 Å². The zero-order valence-corrected chi connectivity index (χ0v) is 19.3. The van der Waals surface area contributed by atoms with Crippen LogP contribution in [0.15, 0.2) is 35.8 Å². The van der Waals surface area contributed by atoms with Crippen LogP contribution < -0.4 is 10.5 Å². The molecule has 0 saturated carbocycles. The third kappa shape index (κ3) is 6.26. The molecule has 2 saturated heterocycles. The van der Waals surface area contributed by atoms with Gasteiger partial charge >= 0.3 is 0 Å². The lowest BCUT2D eigenvalue weighted by Gasteiger charge is -2.33. The number of thiazole rings is 1. The molecule has 1 atom stereocenters. The number of ether oxygens (including phenoxy) is 2. The molecular weight excluding hydrogens is 408 g/mol. The summed E-state index contributed by atoms with van der Waals surface area (Å²) in [5.41, 5.74) is 7.51. The van der Waals surface area contributed by atoms with Crippen LogP contribution in [-0.4, -0.2) is 73.9 Å². The number of nitrogens with zero attached hydrogens (tertiary/aromatic N) is 3. The number of likely N-dealkylation sites (tertiary alicyclic amines) is 1. The summed E-state index contributed by atoms with van der Waals surface area (Å²) in [7, 11) is 0. The molecule has 2 aliphatic heterocycles. The Balaban J connectivity index is 1.33. The van der Waals surface area contributed by atoms with Gasteiger partial charge in [0.2, 0.25) is 0 Å². The second kappa shape index (κ2) is 11.4. The molecule has 6 nitrogen and oxygen atoms in total. The molecule has 2 aliphatic rings. The van der Waals surface area contributed by atoms with E-state index in [4.69, 9.17) is 15.2 Å². The number of nitrogens with two attached hydrogens (primary N) is 1. The van der Waals surface area contributed by atoms with Gasteiger partial charge in [0, 0.05) is 37.8 Å². The fourth-order valence-corrected chi connectivity index (χ4v) is 5.29. The average molecular weight is 445 g/mol. The minimum Gasteiger partial charge on any atom is -0.494 e. The van der Waals surface area contributed by atoms with Gasteiger partial charge in [-0.1, -0.05) is 18.6 Å². The molecule has 0 spiro atoms. The van der Waals surface area contributed by atoms with Gasteiger partial charge in [-0.05, 0) is 56.5 Å². The van der Waals surface area contributed by atoms with Crippen molar-refractivity contribution in [2.24, 2.45) is 5.73 Å². The van der Waals surface area contributed by atoms with Crippen LogP contribution in [0.1, 0.15) is 42.7 Å². The van der Waals surface area contributed by atoms with Crippen molar-refractivity contribution in [1.82, 2.24) is 14.8 Å². The summed E-state index contributed by atoms with van der Waals surface area (Å²) in [5.74, 6) is 0.914. The smallest absolute Gasteiger partial charge is 0.119 e. The molecule has 0 amide bonds. The van der Waals surface area contributed by atoms with Crippen LogP contribution in [0.5, 0.6) is 5.75 Å². The summed E-state index contributed by atoms with van der Waals surface area (Å²) in [5, 5.41) is 2.97. The van der Waals surface area contributed by atoms with Crippen molar-refractivity contribution in [3.63, 3.8) is 0 Å². The zero-order valence-electron chi connectivity index (χ0n) is 18.5. The SMILES string of the molecule is NC(CCN1CCOCC1)(c1ccc(OCCCN2CCCCC2)cc1)c1nccs1. The second-order valence-electron chi connectivity index (χ2n) is 8.64. The van der Waals surface area contributed by atoms with E-state index in [9.17, 15) is 0 Å². The highest BCUT2D eigenvalue weighted by atomic mass is 32.1. The molecule has 3 heterocycles. The van der Waals surface area contributed by atoms with Gasteiger partial charge in [-0.15, -0.1) is 11.3 Å². The summed E-state index contributed by atoms with van der Waals surface area (Å²) in [6.45, 7) is 8.87. The van der Waals surface area contributed by atoms with Crippen LogP contribution in [0.3, 0.4) is 0 Å². The molecular formula is C24H36N4O2S. The van der Waals surface area contributed by atoms with Crippen molar-refractivity contribution in [3.05, 3.63) is 46.4 Å². The quantitative estimate of drug-likeness (QED) is 0.567. The topological polar surface area (TPSA) is 63.9 Å². The average Bonchev–Trinajstić information content (AvgIpc) is 3.38. The highest BCUT2D eigenvalue weighted by Crippen LogP contribution is 2.33. The molecule has 2 aromatic rings. The van der Waals surface area contributed by atoms with E-state index >= 15 is 0 Å². The van der Waals surface area contributed by atoms with Crippen LogP contribution in [0, 0.1) is 0 Å². The third-order valence-electron chi connectivity index (χ3n) is 6.45. The summed E-state index contributed by atoms with van der Waals surface area (Å²) >= 11 is 1.63. The normalized spacial score (nSPS) is 20.4. The number of aromatic nitrogens is 1. The molecule has 0 radical (unpaired) electrons. The summed E-state index contributed by atoms with van der Waals surface area (Å²) < 4.78 is 11.5. The standard InChI is InChI=1S/C24H36N4O2S/c25-24(23-26-10-20-31-23,9-14-28-15-18-29-19-16-28)21-5-7-22(8-6-21)30-17-4-13-27-11-2-1-3-12-27/h5-8,10,20H,1-4,9,11-19,25H2. The summed E-state index contributed by atoms with van der Waals surface area (Å²) in [6.07, 6.45) is 7.81. The minimum absolute atomic E-state index is 0.584. The Morgan fingerprint density at radius 1 is 1.00 bits per heavy atom. The molecule has 7 heteroatoms. The first-order chi connectivity index (χ1) is 15.2. The predicted molar refractivity (Wildman–Crippen MR) is 126 cm³/mol. The first-order valence-electron chi connectivity index (χ1n) is 11.7. The highest BCUT2D eigenvalue weighted by Gasteiger charge is 2.33. The zero-order chi connectivity index (χ0) is 21.4. The van der Waals surface area contributed by atoms with Gasteiger partial charge in [-0.3, -0.25) is 4.90 Å². The minimum atomic E-state index is -0.584. The van der Waals surface area contributed by atoms with E-state index in [-0.39, 0.29) is 0 Å². The Morgan fingerprint density at radius 3 is 2.45 bits per heavy atom. The Bertz CT molecular complexity index is 758. The van der Waals surface area contributed by atoms with Gasteiger partial charge in [0.15, 0.2) is 0 Å². The molecule has 0 aliphatic carbocycles. The van der Waals surface area contributed by atoms with E-state index in [0.29, 0.717) is 0 Å². The van der Waals surface area contributed by atoms with Crippen molar-refractivity contribution in [3.8, 4) is 5.75 Å². The van der Waals surface area contributed by atoms with Crippen LogP contribution in [0.2, 0.25) is 0 Å². The Labute approximate surface area is 190 Å². The van der Waals surface area contributed by atoms with E-state index in [1.54, 1.807) is 11.3 Å². The number of hydrogen-bond acceptors (Lipinski definition) is 7. The first kappa shape index (κ1) is 22.7. The van der Waals surface area contributed by atoms with E-state index in [1.165, 1.54) is 32.4 Å². The van der Waals surface area contributed by atoms with Gasteiger partial charge in [-0.25, -0.2) is 4.98 Å². The number of benzene rings is 1. The maximum atomic E-state index is 7.00. The number of piperidine rings is 1. The maximum Gasteiger partial charge on any atom is 0.119 e. The van der Waals surface area contributed by atoms with Crippen LogP contribution in [0.25, 0.3) is 0 Å². The number of morpholine rings is 1. The largest absolute Gasteiger partial charge is 0.494 e. The Hall–Kier alpha value is -1.51. The summed E-state index contributed by atoms with van der Waals surface area (Å²) in [6, 6.07) is 8.34. The molecule has 4 rings (SSSR count). The van der Waals surface area contributed by atoms with Crippen molar-refractivity contribution in [1.29, 1.82) is 0 Å². The lowest BCUT2D eigenvalue weighted by Crippen LogP contribution is -2.44. The van der Waals surface area contributed by atoms with E-state index in [1.807, 2.05) is 11.6 Å². The van der Waals surface area contributed by atoms with Gasteiger partial charge < -0.3 is 20.1 Å². The Kier molecular flexibility index (Phi) is 8.33. The highest BCUT2D eigenvalue weighted by molar-refractivity contribution is 7.09. The number of hydrogen-bond donors (Lipinski definition) is 1. The van der Waals surface area contributed by atoms with Crippen LogP contribution >= 0.6 is 11.3 Å². The fraction of sp³-hybridized carbons (Fsp3) is 0.625. The molecule has 0 bridgehead atoms.